The van der Waals surface area contributed by atoms with E-state index >= 15 is 0 Å². The minimum absolute atomic E-state index is 0.158. The summed E-state index contributed by atoms with van der Waals surface area (Å²) in [4.78, 5) is 4.10. The topological polar surface area (TPSA) is 50.9 Å². The zero-order chi connectivity index (χ0) is 9.80. The second kappa shape index (κ2) is 4.53. The first kappa shape index (κ1) is 9.62. The molecule has 0 saturated carbocycles. The number of nitrogens with one attached hydrogen (secondary N) is 1. The van der Waals surface area contributed by atoms with Crippen LogP contribution in [0.2, 0.25) is 0 Å². The van der Waals surface area contributed by atoms with Gasteiger partial charge in [0.15, 0.2) is 0 Å². The van der Waals surface area contributed by atoms with Crippen LogP contribution in [0.15, 0.2) is 24.5 Å². The van der Waals surface area contributed by atoms with Crippen molar-refractivity contribution in [3.63, 3.8) is 0 Å². The van der Waals surface area contributed by atoms with Crippen LogP contribution >= 0.6 is 0 Å². The van der Waals surface area contributed by atoms with E-state index in [0.29, 0.717) is 5.92 Å². The molecule has 3 nitrogen and oxygen atoms in total. The van der Waals surface area contributed by atoms with Gasteiger partial charge in [0.25, 0.3) is 0 Å². The van der Waals surface area contributed by atoms with E-state index in [-0.39, 0.29) is 6.04 Å². The molecule has 3 N–H and O–H groups in total. The second-order valence-electron chi connectivity index (χ2n) is 3.90. The molecule has 0 spiro atoms. The fraction of sp³-hybridized carbons (Fsp3) is 0.545. The maximum absolute atomic E-state index is 6.20. The first-order chi connectivity index (χ1) is 6.88. The van der Waals surface area contributed by atoms with E-state index in [1.54, 1.807) is 6.20 Å². The van der Waals surface area contributed by atoms with E-state index in [0.717, 1.165) is 13.1 Å². The molecule has 76 valence electrons. The van der Waals surface area contributed by atoms with Crippen molar-refractivity contribution in [3.8, 4) is 0 Å². The molecule has 0 radical (unpaired) electrons. The van der Waals surface area contributed by atoms with Crippen molar-refractivity contribution in [1.29, 1.82) is 0 Å². The summed E-state index contributed by atoms with van der Waals surface area (Å²) in [6.07, 6.45) is 6.03. The molecule has 14 heavy (non-hydrogen) atoms. The maximum atomic E-state index is 6.20. The molecule has 1 fully saturated rings. The molecule has 1 aromatic rings. The molecule has 2 rings (SSSR count). The number of hydrogen-bond acceptors (Lipinski definition) is 3. The summed E-state index contributed by atoms with van der Waals surface area (Å²) in [5.74, 6) is 0.612. The smallest absolute Gasteiger partial charge is 0.0339 e. The van der Waals surface area contributed by atoms with Crippen molar-refractivity contribution in [2.75, 3.05) is 13.1 Å². The maximum Gasteiger partial charge on any atom is 0.0339 e. The number of hydrogen-bond donors (Lipinski definition) is 2. The van der Waals surface area contributed by atoms with Gasteiger partial charge in [0.05, 0.1) is 0 Å². The molecule has 1 atom stereocenters. The van der Waals surface area contributed by atoms with Crippen LogP contribution in [-0.2, 0) is 0 Å². The Morgan fingerprint density at radius 2 is 2.21 bits per heavy atom. The first-order valence-corrected chi connectivity index (χ1v) is 5.24. The van der Waals surface area contributed by atoms with Crippen molar-refractivity contribution in [2.24, 2.45) is 11.7 Å². The molecule has 1 aliphatic heterocycles. The van der Waals surface area contributed by atoms with Crippen molar-refractivity contribution in [3.05, 3.63) is 30.1 Å². The Kier molecular flexibility index (Phi) is 3.11. The Morgan fingerprint density at radius 1 is 1.43 bits per heavy atom. The highest BCUT2D eigenvalue weighted by molar-refractivity contribution is 5.14. The average Bonchev–Trinajstić information content (AvgIpc) is 2.30. The minimum Gasteiger partial charge on any atom is -0.324 e. The molecule has 1 aromatic heterocycles. The number of pyridine rings is 1. The van der Waals surface area contributed by atoms with Gasteiger partial charge in [0.2, 0.25) is 0 Å². The third kappa shape index (κ3) is 2.11. The van der Waals surface area contributed by atoms with Crippen molar-refractivity contribution < 1.29 is 0 Å². The lowest BCUT2D eigenvalue weighted by Gasteiger charge is -2.28. The number of rotatable bonds is 2. The van der Waals surface area contributed by atoms with E-state index in [1.807, 2.05) is 12.3 Å². The average molecular weight is 191 g/mol. The van der Waals surface area contributed by atoms with Gasteiger partial charge in [0.1, 0.15) is 0 Å². The van der Waals surface area contributed by atoms with Crippen molar-refractivity contribution in [1.82, 2.24) is 10.3 Å². The van der Waals surface area contributed by atoms with E-state index in [9.17, 15) is 0 Å². The summed E-state index contributed by atoms with van der Waals surface area (Å²) < 4.78 is 0. The number of piperidine rings is 1. The van der Waals surface area contributed by atoms with Crippen LogP contribution in [0.3, 0.4) is 0 Å². The SMILES string of the molecule is N[C@@H](c1cccnc1)C1CCNCC1. The largest absolute Gasteiger partial charge is 0.324 e. The van der Waals surface area contributed by atoms with Crippen molar-refractivity contribution in [2.45, 2.75) is 18.9 Å². The molecular formula is C11H17N3. The summed E-state index contributed by atoms with van der Waals surface area (Å²) in [6.45, 7) is 2.19. The summed E-state index contributed by atoms with van der Waals surface area (Å²) in [5.41, 5.74) is 7.37. The molecule has 0 aromatic carbocycles. The Bertz CT molecular complexity index is 267. The molecule has 1 saturated heterocycles. The predicted octanol–water partition coefficient (Wildman–Crippen LogP) is 1.08. The monoisotopic (exact) mass is 191 g/mol. The lowest BCUT2D eigenvalue weighted by atomic mass is 9.87. The summed E-state index contributed by atoms with van der Waals surface area (Å²) in [5, 5.41) is 3.35. The van der Waals surface area contributed by atoms with Gasteiger partial charge < -0.3 is 11.1 Å². The fourth-order valence-electron chi connectivity index (χ4n) is 2.05. The van der Waals surface area contributed by atoms with Gasteiger partial charge in [-0.3, -0.25) is 4.98 Å². The van der Waals surface area contributed by atoms with E-state index < -0.39 is 0 Å². The number of aromatic nitrogens is 1. The third-order valence-corrected chi connectivity index (χ3v) is 2.96. The van der Waals surface area contributed by atoms with Gasteiger partial charge >= 0.3 is 0 Å². The molecule has 0 unspecified atom stereocenters. The molecule has 3 heteroatoms. The van der Waals surface area contributed by atoms with E-state index in [1.165, 1.54) is 18.4 Å². The highest BCUT2D eigenvalue weighted by Crippen LogP contribution is 2.25. The van der Waals surface area contributed by atoms with E-state index in [4.69, 9.17) is 5.73 Å². The van der Waals surface area contributed by atoms with Gasteiger partial charge in [0, 0.05) is 18.4 Å². The lowest BCUT2D eigenvalue weighted by Crippen LogP contribution is -2.33. The molecule has 0 bridgehead atoms. The lowest BCUT2D eigenvalue weighted by molar-refractivity contribution is 0.322. The standard InChI is InChI=1S/C11H17N3/c12-11(9-3-6-13-7-4-9)10-2-1-5-14-8-10/h1-2,5,8-9,11,13H,3-4,6-7,12H2/t11-/m1/s1. The van der Waals surface area contributed by atoms with Gasteiger partial charge in [-0.05, 0) is 43.5 Å². The van der Waals surface area contributed by atoms with Gasteiger partial charge in [-0.2, -0.15) is 0 Å². The summed E-state index contributed by atoms with van der Waals surface area (Å²) >= 11 is 0. The Balaban J connectivity index is 2.03. The van der Waals surface area contributed by atoms with Crippen LogP contribution in [0.1, 0.15) is 24.4 Å². The molecule has 0 amide bonds. The van der Waals surface area contributed by atoms with Crippen LogP contribution in [-0.4, -0.2) is 18.1 Å². The van der Waals surface area contributed by atoms with Crippen LogP contribution in [0.4, 0.5) is 0 Å². The summed E-state index contributed by atoms with van der Waals surface area (Å²) in [7, 11) is 0. The van der Waals surface area contributed by atoms with Gasteiger partial charge in [-0.25, -0.2) is 0 Å². The number of nitrogens with two attached hydrogens (primary N) is 1. The molecule has 1 aliphatic rings. The molecule has 0 aliphatic carbocycles. The minimum atomic E-state index is 0.158. The molecule has 2 heterocycles. The van der Waals surface area contributed by atoms with Crippen molar-refractivity contribution >= 4 is 0 Å². The Morgan fingerprint density at radius 3 is 2.86 bits per heavy atom. The normalized spacial score (nSPS) is 20.6. The van der Waals surface area contributed by atoms with Crippen LogP contribution < -0.4 is 11.1 Å². The number of nitrogens with zero attached hydrogens (tertiary/aromatic N) is 1. The first-order valence-electron chi connectivity index (χ1n) is 5.24. The Labute approximate surface area is 84.7 Å². The van der Waals surface area contributed by atoms with Crippen LogP contribution in [0.5, 0.6) is 0 Å². The van der Waals surface area contributed by atoms with Gasteiger partial charge in [-0.15, -0.1) is 0 Å². The zero-order valence-corrected chi connectivity index (χ0v) is 8.32. The van der Waals surface area contributed by atoms with Crippen LogP contribution in [0.25, 0.3) is 0 Å². The summed E-state index contributed by atoms with van der Waals surface area (Å²) in [6, 6.07) is 4.18. The molecular weight excluding hydrogens is 174 g/mol. The van der Waals surface area contributed by atoms with E-state index in [2.05, 4.69) is 16.4 Å². The quantitative estimate of drug-likeness (QED) is 0.735. The fourth-order valence-corrected chi connectivity index (χ4v) is 2.05. The van der Waals surface area contributed by atoms with Crippen LogP contribution in [0, 0.1) is 5.92 Å². The highest BCUT2D eigenvalue weighted by atomic mass is 14.9. The van der Waals surface area contributed by atoms with Gasteiger partial charge in [-0.1, -0.05) is 6.07 Å². The highest BCUT2D eigenvalue weighted by Gasteiger charge is 2.21. The zero-order valence-electron chi connectivity index (χ0n) is 8.32. The second-order valence-corrected chi connectivity index (χ2v) is 3.90. The third-order valence-electron chi connectivity index (χ3n) is 2.96. The Hall–Kier alpha value is -0.930. The predicted molar refractivity (Wildman–Crippen MR) is 56.8 cm³/mol.